The van der Waals surface area contributed by atoms with E-state index in [1.165, 1.54) is 5.56 Å². The number of carbonyl (C=O) groups excluding carboxylic acids is 1. The van der Waals surface area contributed by atoms with Gasteiger partial charge in [0, 0.05) is 6.54 Å². The molecule has 5 nitrogen and oxygen atoms in total. The van der Waals surface area contributed by atoms with E-state index in [0.717, 1.165) is 17.7 Å². The Balaban J connectivity index is 2.30. The summed E-state index contributed by atoms with van der Waals surface area (Å²) in [7, 11) is 0. The number of carboxylic acid groups (broad SMARTS) is 1. The molecule has 0 spiro atoms. The van der Waals surface area contributed by atoms with Crippen molar-refractivity contribution in [2.45, 2.75) is 12.8 Å². The highest BCUT2D eigenvalue weighted by molar-refractivity contribution is 5.80. The van der Waals surface area contributed by atoms with E-state index in [4.69, 9.17) is 11.5 Å². The molecule has 1 aromatic rings. The van der Waals surface area contributed by atoms with Crippen LogP contribution >= 0.6 is 0 Å². The highest BCUT2D eigenvalue weighted by Gasteiger charge is 2.14. The van der Waals surface area contributed by atoms with Crippen molar-refractivity contribution in [3.05, 3.63) is 35.9 Å². The molecular formula is C15H18N2O3. The molecule has 1 rings (SSSR count). The summed E-state index contributed by atoms with van der Waals surface area (Å²) in [4.78, 5) is 23.4. The number of aryl methyl sites for hydroxylation is 1. The molecule has 2 N–H and O–H groups in total. The third-order valence-corrected chi connectivity index (χ3v) is 2.66. The van der Waals surface area contributed by atoms with Crippen molar-refractivity contribution in [2.24, 2.45) is 0 Å². The molecule has 0 aliphatic heterocycles. The summed E-state index contributed by atoms with van der Waals surface area (Å²) in [6, 6.07) is 9.49. The van der Waals surface area contributed by atoms with E-state index in [9.17, 15) is 9.59 Å². The Labute approximate surface area is 118 Å². The van der Waals surface area contributed by atoms with Crippen LogP contribution in [0, 0.1) is 12.3 Å². The Hall–Kier alpha value is -2.48. The van der Waals surface area contributed by atoms with Crippen LogP contribution in [0.3, 0.4) is 0 Å². The number of aliphatic carboxylic acids is 1. The maximum absolute atomic E-state index is 11.7. The van der Waals surface area contributed by atoms with E-state index in [2.05, 4.69) is 11.2 Å². The molecule has 0 radical (unpaired) electrons. The third kappa shape index (κ3) is 5.91. The van der Waals surface area contributed by atoms with Gasteiger partial charge in [-0.1, -0.05) is 36.3 Å². The highest BCUT2D eigenvalue weighted by atomic mass is 16.4. The quantitative estimate of drug-likeness (QED) is 0.582. The molecule has 20 heavy (non-hydrogen) atoms. The van der Waals surface area contributed by atoms with Gasteiger partial charge in [-0.3, -0.25) is 4.79 Å². The molecule has 0 aliphatic rings. The van der Waals surface area contributed by atoms with Gasteiger partial charge in [-0.25, -0.2) is 4.79 Å². The minimum absolute atomic E-state index is 0.0170. The van der Waals surface area contributed by atoms with Crippen molar-refractivity contribution in [2.75, 3.05) is 19.6 Å². The van der Waals surface area contributed by atoms with Crippen molar-refractivity contribution < 1.29 is 14.7 Å². The molecular weight excluding hydrogens is 256 g/mol. The van der Waals surface area contributed by atoms with E-state index in [1.807, 2.05) is 30.3 Å². The summed E-state index contributed by atoms with van der Waals surface area (Å²) >= 11 is 0. The van der Waals surface area contributed by atoms with E-state index in [1.54, 1.807) is 0 Å². The summed E-state index contributed by atoms with van der Waals surface area (Å²) < 4.78 is 0. The second-order valence-corrected chi connectivity index (χ2v) is 4.28. The third-order valence-electron chi connectivity index (χ3n) is 2.66. The fourth-order valence-corrected chi connectivity index (χ4v) is 1.72. The standard InChI is InChI=1S/C15H18N2O3/c1-2-11-17(12-14(18)19)15(20)16-10-6-9-13-7-4-3-5-8-13/h1,3-5,7-8H,6,9-12H2,(H,16,20)(H,18,19). The van der Waals surface area contributed by atoms with Crippen molar-refractivity contribution in [1.29, 1.82) is 0 Å². The summed E-state index contributed by atoms with van der Waals surface area (Å²) in [5, 5.41) is 11.4. The van der Waals surface area contributed by atoms with E-state index >= 15 is 0 Å². The molecule has 5 heteroatoms. The minimum atomic E-state index is -1.08. The lowest BCUT2D eigenvalue weighted by Gasteiger charge is -2.18. The van der Waals surface area contributed by atoms with Crippen LogP contribution in [0.25, 0.3) is 0 Å². The molecule has 0 saturated heterocycles. The van der Waals surface area contributed by atoms with E-state index in [-0.39, 0.29) is 6.54 Å². The summed E-state index contributed by atoms with van der Waals surface area (Å²) in [5.41, 5.74) is 1.20. The first-order valence-electron chi connectivity index (χ1n) is 6.35. The maximum Gasteiger partial charge on any atom is 0.323 e. The summed E-state index contributed by atoms with van der Waals surface area (Å²) in [6.07, 6.45) is 6.75. The first-order valence-corrected chi connectivity index (χ1v) is 6.35. The van der Waals surface area contributed by atoms with Gasteiger partial charge in [-0.15, -0.1) is 6.42 Å². The van der Waals surface area contributed by atoms with Crippen LogP contribution in [0.15, 0.2) is 30.3 Å². The average molecular weight is 274 g/mol. The molecule has 2 amide bonds. The van der Waals surface area contributed by atoms with Gasteiger partial charge in [-0.05, 0) is 18.4 Å². The monoisotopic (exact) mass is 274 g/mol. The van der Waals surface area contributed by atoms with Crippen LogP contribution in [0.5, 0.6) is 0 Å². The van der Waals surface area contributed by atoms with Crippen molar-refractivity contribution >= 4 is 12.0 Å². The van der Waals surface area contributed by atoms with Crippen LogP contribution in [0.4, 0.5) is 4.79 Å². The number of hydrogen-bond donors (Lipinski definition) is 2. The number of terminal acetylenes is 1. The Kier molecular flexibility index (Phi) is 6.69. The molecule has 0 aromatic heterocycles. The average Bonchev–Trinajstić information content (AvgIpc) is 2.43. The number of carboxylic acids is 1. The van der Waals surface area contributed by atoms with Crippen molar-refractivity contribution in [3.63, 3.8) is 0 Å². The normalized spacial score (nSPS) is 9.55. The van der Waals surface area contributed by atoms with Gasteiger partial charge in [0.2, 0.25) is 0 Å². The second-order valence-electron chi connectivity index (χ2n) is 4.28. The number of carbonyl (C=O) groups is 2. The van der Waals surface area contributed by atoms with Gasteiger partial charge in [-0.2, -0.15) is 0 Å². The van der Waals surface area contributed by atoms with Gasteiger partial charge in [0.15, 0.2) is 0 Å². The lowest BCUT2D eigenvalue weighted by Crippen LogP contribution is -2.43. The zero-order valence-electron chi connectivity index (χ0n) is 11.2. The molecule has 106 valence electrons. The van der Waals surface area contributed by atoms with Crippen molar-refractivity contribution in [1.82, 2.24) is 10.2 Å². The van der Waals surface area contributed by atoms with Crippen LogP contribution in [0.2, 0.25) is 0 Å². The first kappa shape index (κ1) is 15.6. The van der Waals surface area contributed by atoms with Crippen LogP contribution in [-0.4, -0.2) is 41.6 Å². The first-order chi connectivity index (χ1) is 9.63. The fraction of sp³-hybridized carbons (Fsp3) is 0.333. The number of amides is 2. The number of benzene rings is 1. The van der Waals surface area contributed by atoms with E-state index in [0.29, 0.717) is 6.54 Å². The lowest BCUT2D eigenvalue weighted by molar-refractivity contribution is -0.137. The number of urea groups is 1. The van der Waals surface area contributed by atoms with Gasteiger partial charge in [0.1, 0.15) is 6.54 Å². The molecule has 0 fully saturated rings. The van der Waals surface area contributed by atoms with Gasteiger partial charge < -0.3 is 15.3 Å². The largest absolute Gasteiger partial charge is 0.480 e. The van der Waals surface area contributed by atoms with E-state index < -0.39 is 18.5 Å². The SMILES string of the molecule is C#CCN(CC(=O)O)C(=O)NCCCc1ccccc1. The smallest absolute Gasteiger partial charge is 0.323 e. The molecule has 0 atom stereocenters. The Morgan fingerprint density at radius 3 is 2.60 bits per heavy atom. The molecule has 0 unspecified atom stereocenters. The lowest BCUT2D eigenvalue weighted by atomic mass is 10.1. The number of rotatable bonds is 7. The predicted molar refractivity (Wildman–Crippen MR) is 76.2 cm³/mol. The zero-order chi connectivity index (χ0) is 14.8. The number of nitrogens with one attached hydrogen (secondary N) is 1. The van der Waals surface area contributed by atoms with Crippen LogP contribution in [-0.2, 0) is 11.2 Å². The molecule has 0 heterocycles. The predicted octanol–water partition coefficient (Wildman–Crippen LogP) is 1.35. The zero-order valence-corrected chi connectivity index (χ0v) is 11.2. The van der Waals surface area contributed by atoms with Crippen LogP contribution < -0.4 is 5.32 Å². The Morgan fingerprint density at radius 2 is 2.00 bits per heavy atom. The van der Waals surface area contributed by atoms with Crippen molar-refractivity contribution in [3.8, 4) is 12.3 Å². The number of hydrogen-bond acceptors (Lipinski definition) is 2. The topological polar surface area (TPSA) is 69.6 Å². The highest BCUT2D eigenvalue weighted by Crippen LogP contribution is 2.01. The van der Waals surface area contributed by atoms with Crippen LogP contribution in [0.1, 0.15) is 12.0 Å². The summed E-state index contributed by atoms with van der Waals surface area (Å²) in [5.74, 6) is 1.19. The molecule has 0 aliphatic carbocycles. The number of nitrogens with zero attached hydrogens (tertiary/aromatic N) is 1. The molecule has 0 saturated carbocycles. The van der Waals surface area contributed by atoms with Gasteiger partial charge in [0.25, 0.3) is 0 Å². The molecule has 1 aromatic carbocycles. The summed E-state index contributed by atoms with van der Waals surface area (Å²) in [6.45, 7) is 0.0694. The fourth-order valence-electron chi connectivity index (χ4n) is 1.72. The maximum atomic E-state index is 11.7. The molecule has 0 bridgehead atoms. The minimum Gasteiger partial charge on any atom is -0.480 e. The Morgan fingerprint density at radius 1 is 1.30 bits per heavy atom. The van der Waals surface area contributed by atoms with Gasteiger partial charge >= 0.3 is 12.0 Å². The Bertz CT molecular complexity index is 480. The second kappa shape index (κ2) is 8.59. The van der Waals surface area contributed by atoms with Gasteiger partial charge in [0.05, 0.1) is 6.54 Å².